The second kappa shape index (κ2) is 5.20. The summed E-state index contributed by atoms with van der Waals surface area (Å²) in [4.78, 5) is 27.5. The zero-order valence-corrected chi connectivity index (χ0v) is 11.9. The maximum Gasteiger partial charge on any atom is 0.308 e. The molecule has 0 aromatic rings. The molecule has 110 valence electrons. The summed E-state index contributed by atoms with van der Waals surface area (Å²) in [6.07, 6.45) is 7.96. The van der Waals surface area contributed by atoms with E-state index in [2.05, 4.69) is 11.0 Å². The van der Waals surface area contributed by atoms with Crippen LogP contribution in [0.2, 0.25) is 0 Å². The van der Waals surface area contributed by atoms with E-state index in [0.29, 0.717) is 13.0 Å². The number of amides is 1. The quantitative estimate of drug-likeness (QED) is 0.845. The van der Waals surface area contributed by atoms with E-state index in [1.165, 1.54) is 0 Å². The number of carbonyl (C=O) groups excluding carboxylic acids is 1. The van der Waals surface area contributed by atoms with E-state index >= 15 is 0 Å². The number of nitrogens with zero attached hydrogens (tertiary/aromatic N) is 2. The van der Waals surface area contributed by atoms with Crippen LogP contribution in [0.15, 0.2) is 11.8 Å². The average molecular weight is 278 g/mol. The van der Waals surface area contributed by atoms with Crippen molar-refractivity contribution in [3.05, 3.63) is 11.8 Å². The van der Waals surface area contributed by atoms with Gasteiger partial charge in [0, 0.05) is 24.8 Å². The van der Waals surface area contributed by atoms with E-state index in [1.807, 2.05) is 7.05 Å². The molecule has 1 aliphatic carbocycles. The molecule has 0 saturated carbocycles. The molecule has 3 rings (SSSR count). The lowest BCUT2D eigenvalue weighted by molar-refractivity contribution is -0.143. The van der Waals surface area contributed by atoms with Gasteiger partial charge in [-0.1, -0.05) is 6.08 Å². The van der Waals surface area contributed by atoms with Crippen LogP contribution < -0.4 is 0 Å². The Morgan fingerprint density at radius 3 is 2.85 bits per heavy atom. The Balaban J connectivity index is 1.63. The highest BCUT2D eigenvalue weighted by atomic mass is 16.4. The molecular formula is C15H22N2O3. The monoisotopic (exact) mass is 278 g/mol. The van der Waals surface area contributed by atoms with Crippen LogP contribution in [0.4, 0.5) is 0 Å². The van der Waals surface area contributed by atoms with Crippen LogP contribution >= 0.6 is 0 Å². The molecule has 2 fully saturated rings. The number of fused-ring (bicyclic) bond motifs is 2. The van der Waals surface area contributed by atoms with Crippen LogP contribution in [-0.4, -0.2) is 52.5 Å². The Bertz CT molecular complexity index is 460. The molecule has 0 radical (unpaired) electrons. The molecule has 2 aliphatic heterocycles. The van der Waals surface area contributed by atoms with Gasteiger partial charge in [-0.2, -0.15) is 0 Å². The summed E-state index contributed by atoms with van der Waals surface area (Å²) in [5.41, 5.74) is 1.12. The minimum atomic E-state index is -0.707. The summed E-state index contributed by atoms with van der Waals surface area (Å²) >= 11 is 0. The molecule has 0 aromatic carbocycles. The van der Waals surface area contributed by atoms with E-state index in [1.54, 1.807) is 4.90 Å². The van der Waals surface area contributed by atoms with Gasteiger partial charge < -0.3 is 10.0 Å². The Kier molecular flexibility index (Phi) is 3.54. The number of rotatable bonds is 4. The average Bonchev–Trinajstić information content (AvgIpc) is 3.14. The first-order chi connectivity index (χ1) is 9.58. The van der Waals surface area contributed by atoms with Crippen molar-refractivity contribution in [1.29, 1.82) is 0 Å². The van der Waals surface area contributed by atoms with Gasteiger partial charge >= 0.3 is 5.97 Å². The number of allylic oxidation sites excluding steroid dienone is 2. The Labute approximate surface area is 119 Å². The standard InChI is InChI=1S/C15H22N2O3/c1-16(10-4-2-3-5-10)14(18)9-17-11-6-7-13(17)12(8-11)15(19)20/h4,11-13H,2-3,5-9H2,1H3,(H,19,20). The van der Waals surface area contributed by atoms with Crippen LogP contribution in [-0.2, 0) is 9.59 Å². The molecule has 1 amide bonds. The molecule has 0 aromatic heterocycles. The van der Waals surface area contributed by atoms with Gasteiger partial charge in [-0.05, 0) is 38.5 Å². The fourth-order valence-electron chi connectivity index (χ4n) is 3.99. The van der Waals surface area contributed by atoms with Crippen molar-refractivity contribution in [2.45, 2.75) is 50.6 Å². The van der Waals surface area contributed by atoms with Gasteiger partial charge in [-0.25, -0.2) is 0 Å². The molecule has 2 saturated heterocycles. The minimum Gasteiger partial charge on any atom is -0.481 e. The van der Waals surface area contributed by atoms with E-state index in [9.17, 15) is 14.7 Å². The number of hydrogen-bond donors (Lipinski definition) is 1. The SMILES string of the molecule is CN(C(=O)CN1C2CCC1C(C(=O)O)C2)C1=CCCC1. The van der Waals surface area contributed by atoms with Crippen LogP contribution in [0.5, 0.6) is 0 Å². The second-order valence-electron chi connectivity index (χ2n) is 6.19. The topological polar surface area (TPSA) is 60.9 Å². The number of carboxylic acid groups (broad SMARTS) is 1. The molecule has 2 bridgehead atoms. The Morgan fingerprint density at radius 2 is 2.25 bits per heavy atom. The van der Waals surface area contributed by atoms with Crippen molar-refractivity contribution < 1.29 is 14.7 Å². The largest absolute Gasteiger partial charge is 0.481 e. The van der Waals surface area contributed by atoms with Gasteiger partial charge in [0.15, 0.2) is 0 Å². The maximum atomic E-state index is 12.4. The summed E-state index contributed by atoms with van der Waals surface area (Å²) in [5.74, 6) is -0.889. The van der Waals surface area contributed by atoms with Gasteiger partial charge in [0.1, 0.15) is 0 Å². The molecular weight excluding hydrogens is 256 g/mol. The Morgan fingerprint density at radius 1 is 1.45 bits per heavy atom. The highest BCUT2D eigenvalue weighted by Gasteiger charge is 2.49. The highest BCUT2D eigenvalue weighted by molar-refractivity contribution is 5.80. The van der Waals surface area contributed by atoms with E-state index in [-0.39, 0.29) is 23.9 Å². The molecule has 3 unspecified atom stereocenters. The smallest absolute Gasteiger partial charge is 0.308 e. The molecule has 2 heterocycles. The first kappa shape index (κ1) is 13.6. The molecule has 1 N–H and O–H groups in total. The number of aliphatic carboxylic acids is 1. The van der Waals surface area contributed by atoms with Gasteiger partial charge in [0.25, 0.3) is 0 Å². The van der Waals surface area contributed by atoms with Crippen molar-refractivity contribution in [3.8, 4) is 0 Å². The van der Waals surface area contributed by atoms with Gasteiger partial charge in [0.2, 0.25) is 5.91 Å². The predicted molar refractivity (Wildman–Crippen MR) is 74.0 cm³/mol. The van der Waals surface area contributed by atoms with Gasteiger partial charge in [0.05, 0.1) is 12.5 Å². The molecule has 0 spiro atoms. The van der Waals surface area contributed by atoms with Crippen LogP contribution in [0.1, 0.15) is 38.5 Å². The molecule has 5 heteroatoms. The second-order valence-corrected chi connectivity index (χ2v) is 6.19. The summed E-state index contributed by atoms with van der Waals surface area (Å²) < 4.78 is 0. The van der Waals surface area contributed by atoms with E-state index in [4.69, 9.17) is 0 Å². The predicted octanol–water partition coefficient (Wildman–Crippen LogP) is 1.45. The van der Waals surface area contributed by atoms with Crippen molar-refractivity contribution in [1.82, 2.24) is 9.80 Å². The molecule has 3 atom stereocenters. The van der Waals surface area contributed by atoms with Crippen molar-refractivity contribution >= 4 is 11.9 Å². The van der Waals surface area contributed by atoms with Gasteiger partial charge in [-0.3, -0.25) is 14.5 Å². The molecule has 3 aliphatic rings. The number of carboxylic acids is 1. The number of likely N-dealkylation sites (N-methyl/N-ethyl adjacent to an activating group) is 1. The first-order valence-corrected chi connectivity index (χ1v) is 7.52. The molecule has 20 heavy (non-hydrogen) atoms. The lowest BCUT2D eigenvalue weighted by Gasteiger charge is -2.26. The van der Waals surface area contributed by atoms with Crippen LogP contribution in [0.3, 0.4) is 0 Å². The normalized spacial score (nSPS) is 32.5. The lowest BCUT2D eigenvalue weighted by atomic mass is 9.89. The fraction of sp³-hybridized carbons (Fsp3) is 0.733. The third kappa shape index (κ3) is 2.24. The lowest BCUT2D eigenvalue weighted by Crippen LogP contribution is -2.41. The summed E-state index contributed by atoms with van der Waals surface area (Å²) in [7, 11) is 1.84. The van der Waals surface area contributed by atoms with E-state index < -0.39 is 5.97 Å². The van der Waals surface area contributed by atoms with Crippen LogP contribution in [0.25, 0.3) is 0 Å². The van der Waals surface area contributed by atoms with Crippen LogP contribution in [0, 0.1) is 5.92 Å². The first-order valence-electron chi connectivity index (χ1n) is 7.52. The molecule has 5 nitrogen and oxygen atoms in total. The zero-order chi connectivity index (χ0) is 14.3. The summed E-state index contributed by atoms with van der Waals surface area (Å²) in [6.45, 7) is 0.368. The van der Waals surface area contributed by atoms with Crippen molar-refractivity contribution in [2.75, 3.05) is 13.6 Å². The number of hydrogen-bond acceptors (Lipinski definition) is 3. The highest BCUT2D eigenvalue weighted by Crippen LogP contribution is 2.41. The third-order valence-electron chi connectivity index (χ3n) is 5.14. The number of carbonyl (C=O) groups is 2. The van der Waals surface area contributed by atoms with Crippen molar-refractivity contribution in [3.63, 3.8) is 0 Å². The zero-order valence-electron chi connectivity index (χ0n) is 11.9. The Hall–Kier alpha value is -1.36. The summed E-state index contributed by atoms with van der Waals surface area (Å²) in [5, 5.41) is 9.24. The maximum absolute atomic E-state index is 12.4. The van der Waals surface area contributed by atoms with Crippen molar-refractivity contribution in [2.24, 2.45) is 5.92 Å². The van der Waals surface area contributed by atoms with Gasteiger partial charge in [-0.15, -0.1) is 0 Å². The third-order valence-corrected chi connectivity index (χ3v) is 5.14. The minimum absolute atomic E-state index is 0.0624. The van der Waals surface area contributed by atoms with E-state index in [0.717, 1.165) is 37.8 Å². The summed E-state index contributed by atoms with van der Waals surface area (Å²) in [6, 6.07) is 0.350. The fourth-order valence-corrected chi connectivity index (χ4v) is 3.99.